The molecule has 25 heavy (non-hydrogen) atoms. The number of benzene rings is 2. The molecule has 0 bridgehead atoms. The van der Waals surface area contributed by atoms with Crippen LogP contribution >= 0.6 is 12.2 Å². The number of aliphatic hydroxyl groups excluding tert-OH is 1. The summed E-state index contributed by atoms with van der Waals surface area (Å²) in [4.78, 5) is 0.176. The number of sulfonamides is 1. The van der Waals surface area contributed by atoms with E-state index in [9.17, 15) is 13.5 Å². The van der Waals surface area contributed by atoms with Gasteiger partial charge in [-0.2, -0.15) is 0 Å². The van der Waals surface area contributed by atoms with Crippen LogP contribution in [0, 0.1) is 0 Å². The molecule has 3 N–H and O–H groups in total. The van der Waals surface area contributed by atoms with Crippen molar-refractivity contribution in [1.82, 2.24) is 9.62 Å². The Bertz CT molecular complexity index is 824. The van der Waals surface area contributed by atoms with Crippen molar-refractivity contribution in [2.24, 2.45) is 0 Å². The second-order valence-corrected chi connectivity index (χ2v) is 8.14. The third-order valence-electron chi connectivity index (χ3n) is 3.51. The molecule has 0 aromatic heterocycles. The average molecular weight is 380 g/mol. The predicted molar refractivity (Wildman–Crippen MR) is 103 cm³/mol. The summed E-state index contributed by atoms with van der Waals surface area (Å²) in [6, 6.07) is 15.6. The van der Waals surface area contributed by atoms with Crippen LogP contribution in [-0.2, 0) is 10.0 Å². The molecule has 1 atom stereocenters. The second-order valence-electron chi connectivity index (χ2n) is 5.58. The highest BCUT2D eigenvalue weighted by atomic mass is 32.2. The average Bonchev–Trinajstić information content (AvgIpc) is 2.60. The lowest BCUT2D eigenvalue weighted by Crippen LogP contribution is -2.32. The van der Waals surface area contributed by atoms with Crippen LogP contribution in [-0.4, -0.2) is 43.6 Å². The van der Waals surface area contributed by atoms with Gasteiger partial charge in [-0.05, 0) is 36.0 Å². The first kappa shape index (κ1) is 19.3. The Hall–Kier alpha value is -2.00. The summed E-state index contributed by atoms with van der Waals surface area (Å²) < 4.78 is 25.5. The van der Waals surface area contributed by atoms with Gasteiger partial charge in [0.25, 0.3) is 0 Å². The first-order valence-electron chi connectivity index (χ1n) is 7.61. The summed E-state index contributed by atoms with van der Waals surface area (Å²) in [7, 11) is -0.550. The van der Waals surface area contributed by atoms with Crippen molar-refractivity contribution >= 4 is 33.0 Å². The van der Waals surface area contributed by atoms with E-state index in [0.29, 0.717) is 10.8 Å². The highest BCUT2D eigenvalue weighted by Crippen LogP contribution is 2.18. The fourth-order valence-corrected chi connectivity index (χ4v) is 3.25. The summed E-state index contributed by atoms with van der Waals surface area (Å²) in [5.41, 5.74) is 1.34. The van der Waals surface area contributed by atoms with E-state index in [-0.39, 0.29) is 11.4 Å². The number of nitrogens with one attached hydrogen (secondary N) is 2. The lowest BCUT2D eigenvalue weighted by Gasteiger charge is -2.16. The summed E-state index contributed by atoms with van der Waals surface area (Å²) in [5, 5.41) is 16.3. The van der Waals surface area contributed by atoms with Gasteiger partial charge in [-0.25, -0.2) is 12.7 Å². The van der Waals surface area contributed by atoms with Crippen LogP contribution in [0.1, 0.15) is 11.7 Å². The van der Waals surface area contributed by atoms with Crippen molar-refractivity contribution in [3.8, 4) is 0 Å². The summed E-state index contributed by atoms with van der Waals surface area (Å²) in [6.45, 7) is 0.242. The fraction of sp³-hybridized carbons (Fsp3) is 0.235. The van der Waals surface area contributed by atoms with Crippen molar-refractivity contribution < 1.29 is 13.5 Å². The molecule has 2 rings (SSSR count). The lowest BCUT2D eigenvalue weighted by molar-refractivity contribution is 0.181. The van der Waals surface area contributed by atoms with Crippen LogP contribution < -0.4 is 10.6 Å². The highest BCUT2D eigenvalue weighted by molar-refractivity contribution is 7.89. The van der Waals surface area contributed by atoms with Gasteiger partial charge >= 0.3 is 0 Å². The first-order valence-corrected chi connectivity index (χ1v) is 9.46. The molecular weight excluding hydrogens is 358 g/mol. The van der Waals surface area contributed by atoms with Gasteiger partial charge in [0, 0.05) is 26.3 Å². The van der Waals surface area contributed by atoms with Crippen LogP contribution in [0.3, 0.4) is 0 Å². The van der Waals surface area contributed by atoms with Crippen LogP contribution in [0.2, 0.25) is 0 Å². The Balaban J connectivity index is 1.97. The molecule has 0 heterocycles. The maximum Gasteiger partial charge on any atom is 0.242 e. The normalized spacial score (nSPS) is 12.6. The molecule has 0 amide bonds. The molecule has 0 aliphatic heterocycles. The molecule has 0 fully saturated rings. The Labute approximate surface area is 153 Å². The van der Waals surface area contributed by atoms with Gasteiger partial charge in [0.2, 0.25) is 10.0 Å². The molecule has 2 aromatic rings. The maximum atomic E-state index is 12.2. The van der Waals surface area contributed by atoms with E-state index >= 15 is 0 Å². The smallest absolute Gasteiger partial charge is 0.242 e. The van der Waals surface area contributed by atoms with Crippen LogP contribution in [0.15, 0.2) is 59.5 Å². The number of nitrogens with zero attached hydrogens (tertiary/aromatic N) is 1. The first-order chi connectivity index (χ1) is 11.8. The molecule has 6 nitrogen and oxygen atoms in total. The van der Waals surface area contributed by atoms with E-state index in [4.69, 9.17) is 12.2 Å². The molecule has 134 valence electrons. The second kappa shape index (κ2) is 8.39. The minimum atomic E-state index is -3.51. The quantitative estimate of drug-likeness (QED) is 0.666. The maximum absolute atomic E-state index is 12.2. The summed E-state index contributed by atoms with van der Waals surface area (Å²) in [5.74, 6) is 0. The molecule has 0 spiro atoms. The summed E-state index contributed by atoms with van der Waals surface area (Å²) >= 11 is 5.20. The van der Waals surface area contributed by atoms with Gasteiger partial charge in [-0.1, -0.05) is 36.4 Å². The topological polar surface area (TPSA) is 81.7 Å². The van der Waals surface area contributed by atoms with Crippen LogP contribution in [0.25, 0.3) is 0 Å². The molecule has 8 heteroatoms. The summed E-state index contributed by atoms with van der Waals surface area (Å²) in [6.07, 6.45) is -0.693. The Morgan fingerprint density at radius 3 is 2.48 bits per heavy atom. The molecule has 0 unspecified atom stereocenters. The van der Waals surface area contributed by atoms with Gasteiger partial charge in [0.1, 0.15) is 0 Å². The standard InChI is InChI=1S/C17H21N3O3S2/c1-20(2)25(22,23)15-10-6-9-14(11-15)19-17(24)18-12-16(21)13-7-4-3-5-8-13/h3-11,16,21H,12H2,1-2H3,(H2,18,19,24)/t16-/m0/s1. The minimum Gasteiger partial charge on any atom is -0.387 e. The largest absolute Gasteiger partial charge is 0.387 e. The number of anilines is 1. The lowest BCUT2D eigenvalue weighted by atomic mass is 10.1. The number of rotatable bonds is 6. The van der Waals surface area contributed by atoms with Gasteiger partial charge in [0.15, 0.2) is 5.11 Å². The zero-order chi connectivity index (χ0) is 18.4. The fourth-order valence-electron chi connectivity index (χ4n) is 2.10. The third kappa shape index (κ3) is 5.23. The Kier molecular flexibility index (Phi) is 6.49. The number of thiocarbonyl (C=S) groups is 1. The molecule has 0 aliphatic carbocycles. The van der Waals surface area contributed by atoms with Crippen molar-refractivity contribution in [2.45, 2.75) is 11.0 Å². The molecule has 0 aliphatic rings. The van der Waals surface area contributed by atoms with Crippen molar-refractivity contribution in [3.05, 3.63) is 60.2 Å². The molecular formula is C17H21N3O3S2. The molecule has 0 saturated heterocycles. The Morgan fingerprint density at radius 2 is 1.84 bits per heavy atom. The van der Waals surface area contributed by atoms with E-state index in [2.05, 4.69) is 10.6 Å². The monoisotopic (exact) mass is 379 g/mol. The van der Waals surface area contributed by atoms with E-state index in [1.54, 1.807) is 12.1 Å². The SMILES string of the molecule is CN(C)S(=O)(=O)c1cccc(NC(=S)NC[C@H](O)c2ccccc2)c1. The van der Waals surface area contributed by atoms with Crippen molar-refractivity contribution in [1.29, 1.82) is 0 Å². The number of hydrogen-bond donors (Lipinski definition) is 3. The zero-order valence-corrected chi connectivity index (χ0v) is 15.6. The van der Waals surface area contributed by atoms with Gasteiger partial charge in [-0.15, -0.1) is 0 Å². The zero-order valence-electron chi connectivity index (χ0n) is 14.0. The van der Waals surface area contributed by atoms with Crippen molar-refractivity contribution in [2.75, 3.05) is 26.0 Å². The van der Waals surface area contributed by atoms with E-state index in [1.165, 1.54) is 26.2 Å². The van der Waals surface area contributed by atoms with Crippen LogP contribution in [0.4, 0.5) is 5.69 Å². The van der Waals surface area contributed by atoms with E-state index in [1.807, 2.05) is 30.3 Å². The van der Waals surface area contributed by atoms with Crippen LogP contribution in [0.5, 0.6) is 0 Å². The highest BCUT2D eigenvalue weighted by Gasteiger charge is 2.17. The molecule has 0 saturated carbocycles. The number of aliphatic hydroxyl groups is 1. The Morgan fingerprint density at radius 1 is 1.16 bits per heavy atom. The van der Waals surface area contributed by atoms with Crippen molar-refractivity contribution in [3.63, 3.8) is 0 Å². The predicted octanol–water partition coefficient (Wildman–Crippen LogP) is 1.96. The molecule has 2 aromatic carbocycles. The number of hydrogen-bond acceptors (Lipinski definition) is 4. The van der Waals surface area contributed by atoms with Gasteiger partial charge < -0.3 is 15.7 Å². The molecule has 0 radical (unpaired) electrons. The minimum absolute atomic E-state index is 0.176. The third-order valence-corrected chi connectivity index (χ3v) is 5.57. The van der Waals surface area contributed by atoms with Gasteiger partial charge in [-0.3, -0.25) is 0 Å². The van der Waals surface area contributed by atoms with E-state index in [0.717, 1.165) is 9.87 Å². The van der Waals surface area contributed by atoms with Gasteiger partial charge in [0.05, 0.1) is 11.0 Å². The van der Waals surface area contributed by atoms with E-state index < -0.39 is 16.1 Å².